The van der Waals surface area contributed by atoms with Gasteiger partial charge in [-0.2, -0.15) is 0 Å². The number of aliphatic carboxylic acids is 1. The summed E-state index contributed by atoms with van der Waals surface area (Å²) in [5.74, 6) is -1.17. The highest BCUT2D eigenvalue weighted by Gasteiger charge is 2.39. The van der Waals surface area contributed by atoms with Gasteiger partial charge in [0.1, 0.15) is 6.10 Å². The summed E-state index contributed by atoms with van der Waals surface area (Å²) in [5, 5.41) is 26.9. The Hall–Kier alpha value is -0.690. The highest BCUT2D eigenvalue weighted by molar-refractivity contribution is 5.72. The zero-order valence-corrected chi connectivity index (χ0v) is 7.08. The van der Waals surface area contributed by atoms with E-state index < -0.39 is 30.6 Å². The summed E-state index contributed by atoms with van der Waals surface area (Å²) in [4.78, 5) is 10.5. The van der Waals surface area contributed by atoms with E-state index in [9.17, 15) is 9.90 Å². The quantitative estimate of drug-likeness (QED) is 0.495. The predicted octanol–water partition coefficient (Wildman–Crippen LogP) is -1.45. The van der Waals surface area contributed by atoms with Crippen LogP contribution in [0.25, 0.3) is 0 Å². The molecule has 6 heteroatoms. The molecule has 1 fully saturated rings. The fourth-order valence-electron chi connectivity index (χ4n) is 1.23. The zero-order valence-electron chi connectivity index (χ0n) is 7.08. The third-order valence-electron chi connectivity index (χ3n) is 2.00. The average Bonchev–Trinajstić information content (AvgIpc) is 2.09. The Kier molecular flexibility index (Phi) is 3.21. The Morgan fingerprint density at radius 3 is 2.62 bits per heavy atom. The van der Waals surface area contributed by atoms with Crippen LogP contribution in [0.4, 0.5) is 0 Å². The number of hydrogen-bond acceptors (Lipinski definition) is 5. The Morgan fingerprint density at radius 2 is 2.15 bits per heavy atom. The number of aliphatic hydroxyl groups is 2. The van der Waals surface area contributed by atoms with Crippen molar-refractivity contribution in [2.45, 2.75) is 31.0 Å². The van der Waals surface area contributed by atoms with Crippen LogP contribution in [0.1, 0.15) is 6.42 Å². The summed E-state index contributed by atoms with van der Waals surface area (Å²) in [6.07, 6.45) is -4.49. The smallest absolute Gasteiger partial charge is 0.333 e. The Morgan fingerprint density at radius 1 is 1.54 bits per heavy atom. The lowest BCUT2D eigenvalue weighted by Crippen LogP contribution is -2.51. The largest absolute Gasteiger partial charge is 0.479 e. The Bertz CT molecular complexity index is 193. The second-order valence-corrected chi connectivity index (χ2v) is 2.85. The summed E-state index contributed by atoms with van der Waals surface area (Å²) < 4.78 is 9.42. The third kappa shape index (κ3) is 2.16. The number of carboxylic acids is 1. The molecule has 0 aromatic carbocycles. The van der Waals surface area contributed by atoms with Crippen molar-refractivity contribution in [1.29, 1.82) is 0 Å². The first-order valence-electron chi connectivity index (χ1n) is 3.83. The van der Waals surface area contributed by atoms with Crippen LogP contribution in [0.15, 0.2) is 0 Å². The molecule has 1 saturated heterocycles. The van der Waals surface area contributed by atoms with Crippen molar-refractivity contribution >= 4 is 5.97 Å². The number of aliphatic hydroxyl groups excluding tert-OH is 2. The van der Waals surface area contributed by atoms with Gasteiger partial charge in [0.2, 0.25) is 0 Å². The predicted molar refractivity (Wildman–Crippen MR) is 39.9 cm³/mol. The molecule has 0 amide bonds. The molecule has 1 heterocycles. The SMILES string of the molecule is CO[C@H]1C[C@@H](C(=O)O)O[C@@H](O)[C@@H]1O. The molecule has 0 spiro atoms. The molecule has 4 atom stereocenters. The van der Waals surface area contributed by atoms with Gasteiger partial charge in [0.05, 0.1) is 6.10 Å². The second kappa shape index (κ2) is 4.01. The van der Waals surface area contributed by atoms with E-state index >= 15 is 0 Å². The van der Waals surface area contributed by atoms with Crippen molar-refractivity contribution in [3.63, 3.8) is 0 Å². The van der Waals surface area contributed by atoms with E-state index in [0.29, 0.717) is 0 Å². The molecule has 0 radical (unpaired) electrons. The van der Waals surface area contributed by atoms with Crippen LogP contribution in [0, 0.1) is 0 Å². The minimum absolute atomic E-state index is 0.0318. The minimum atomic E-state index is -1.50. The fraction of sp³-hybridized carbons (Fsp3) is 0.857. The maximum atomic E-state index is 10.5. The van der Waals surface area contributed by atoms with Crippen LogP contribution in [-0.4, -0.2) is 53.0 Å². The molecule has 76 valence electrons. The van der Waals surface area contributed by atoms with E-state index in [1.54, 1.807) is 0 Å². The van der Waals surface area contributed by atoms with Crippen molar-refractivity contribution in [2.24, 2.45) is 0 Å². The van der Waals surface area contributed by atoms with Gasteiger partial charge in [0, 0.05) is 13.5 Å². The van der Waals surface area contributed by atoms with E-state index in [-0.39, 0.29) is 6.42 Å². The van der Waals surface area contributed by atoms with Gasteiger partial charge in [0.25, 0.3) is 0 Å². The van der Waals surface area contributed by atoms with Crippen LogP contribution in [0.3, 0.4) is 0 Å². The number of ether oxygens (including phenoxy) is 2. The normalized spacial score (nSPS) is 40.2. The summed E-state index contributed by atoms with van der Waals surface area (Å²) in [6.45, 7) is 0. The van der Waals surface area contributed by atoms with Crippen LogP contribution in [0.5, 0.6) is 0 Å². The van der Waals surface area contributed by atoms with Gasteiger partial charge in [-0.15, -0.1) is 0 Å². The van der Waals surface area contributed by atoms with Crippen LogP contribution >= 0.6 is 0 Å². The number of methoxy groups -OCH3 is 1. The highest BCUT2D eigenvalue weighted by Crippen LogP contribution is 2.20. The van der Waals surface area contributed by atoms with E-state index in [2.05, 4.69) is 4.74 Å². The average molecular weight is 192 g/mol. The van der Waals surface area contributed by atoms with Gasteiger partial charge in [-0.1, -0.05) is 0 Å². The molecular weight excluding hydrogens is 180 g/mol. The minimum Gasteiger partial charge on any atom is -0.479 e. The van der Waals surface area contributed by atoms with Crippen LogP contribution in [0.2, 0.25) is 0 Å². The van der Waals surface area contributed by atoms with E-state index in [0.717, 1.165) is 0 Å². The standard InChI is InChI=1S/C7H12O6/c1-12-3-2-4(6(9)10)13-7(11)5(3)8/h3-5,7-8,11H,2H2,1H3,(H,9,10)/t3-,4-,5+,7+/m0/s1. The Balaban J connectivity index is 2.63. The number of hydrogen-bond donors (Lipinski definition) is 3. The van der Waals surface area contributed by atoms with E-state index in [1.165, 1.54) is 7.11 Å². The third-order valence-corrected chi connectivity index (χ3v) is 2.00. The van der Waals surface area contributed by atoms with Crippen LogP contribution < -0.4 is 0 Å². The first kappa shape index (κ1) is 10.4. The molecule has 3 N–H and O–H groups in total. The topological polar surface area (TPSA) is 96.2 Å². The molecule has 1 aliphatic rings. The van der Waals surface area contributed by atoms with Gasteiger partial charge >= 0.3 is 5.97 Å². The molecule has 0 saturated carbocycles. The highest BCUT2D eigenvalue weighted by atomic mass is 16.6. The summed E-state index contributed by atoms with van der Waals surface area (Å²) in [5.41, 5.74) is 0. The number of rotatable bonds is 2. The lowest BCUT2D eigenvalue weighted by Gasteiger charge is -2.34. The second-order valence-electron chi connectivity index (χ2n) is 2.85. The lowest BCUT2D eigenvalue weighted by molar-refractivity contribution is -0.252. The molecular formula is C7H12O6. The zero-order chi connectivity index (χ0) is 10.0. The monoisotopic (exact) mass is 192 g/mol. The van der Waals surface area contributed by atoms with Crippen LogP contribution in [-0.2, 0) is 14.3 Å². The van der Waals surface area contributed by atoms with Gasteiger partial charge in [-0.05, 0) is 0 Å². The maximum Gasteiger partial charge on any atom is 0.333 e. The van der Waals surface area contributed by atoms with Gasteiger partial charge in [-0.3, -0.25) is 0 Å². The molecule has 0 unspecified atom stereocenters. The maximum absolute atomic E-state index is 10.5. The summed E-state index contributed by atoms with van der Waals surface area (Å²) >= 11 is 0. The van der Waals surface area contributed by atoms with E-state index in [4.69, 9.17) is 14.9 Å². The molecule has 6 nitrogen and oxygen atoms in total. The van der Waals surface area contributed by atoms with Crippen molar-refractivity contribution in [1.82, 2.24) is 0 Å². The fourth-order valence-corrected chi connectivity index (χ4v) is 1.23. The molecule has 1 aliphatic heterocycles. The molecule has 13 heavy (non-hydrogen) atoms. The molecule has 1 rings (SSSR count). The molecule has 0 aliphatic carbocycles. The van der Waals surface area contributed by atoms with Gasteiger partial charge in [-0.25, -0.2) is 4.79 Å². The van der Waals surface area contributed by atoms with Crippen molar-refractivity contribution in [3.05, 3.63) is 0 Å². The van der Waals surface area contributed by atoms with Crippen molar-refractivity contribution in [3.8, 4) is 0 Å². The molecule has 0 bridgehead atoms. The summed E-state index contributed by atoms with van der Waals surface area (Å²) in [7, 11) is 1.34. The first-order chi connectivity index (χ1) is 6.06. The van der Waals surface area contributed by atoms with Gasteiger partial charge in [0.15, 0.2) is 12.4 Å². The number of carboxylic acid groups (broad SMARTS) is 1. The Labute approximate surface area is 74.7 Å². The summed E-state index contributed by atoms with van der Waals surface area (Å²) in [6, 6.07) is 0. The van der Waals surface area contributed by atoms with Crippen molar-refractivity contribution < 1.29 is 29.6 Å². The first-order valence-corrected chi connectivity index (χ1v) is 3.83. The number of carbonyl (C=O) groups is 1. The lowest BCUT2D eigenvalue weighted by atomic mass is 10.0. The van der Waals surface area contributed by atoms with E-state index in [1.807, 2.05) is 0 Å². The molecule has 0 aromatic heterocycles. The van der Waals surface area contributed by atoms with Crippen molar-refractivity contribution in [2.75, 3.05) is 7.11 Å². The molecule has 0 aromatic rings. The van der Waals surface area contributed by atoms with Gasteiger partial charge < -0.3 is 24.8 Å².